The van der Waals surface area contributed by atoms with E-state index in [2.05, 4.69) is 12.4 Å². The van der Waals surface area contributed by atoms with Gasteiger partial charge < -0.3 is 10.1 Å². The lowest BCUT2D eigenvalue weighted by Crippen LogP contribution is -2.50. The summed E-state index contributed by atoms with van der Waals surface area (Å²) in [5, 5.41) is 3.43. The first-order valence-electron chi connectivity index (χ1n) is 4.67. The van der Waals surface area contributed by atoms with Crippen LogP contribution >= 0.6 is 0 Å². The number of rotatable bonds is 1. The van der Waals surface area contributed by atoms with Crippen LogP contribution in [0.25, 0.3) is 0 Å². The molecule has 2 rings (SSSR count). The van der Waals surface area contributed by atoms with E-state index < -0.39 is 0 Å². The fourth-order valence-electron chi connectivity index (χ4n) is 2.60. The number of ether oxygens (including phenoxy) is 1. The lowest BCUT2D eigenvalue weighted by molar-refractivity contribution is -0.0339. The molecular weight excluding hydrogens is 138 g/mol. The summed E-state index contributed by atoms with van der Waals surface area (Å²) in [6, 6.07) is 0.748. The van der Waals surface area contributed by atoms with Crippen molar-refractivity contribution < 1.29 is 4.74 Å². The summed E-state index contributed by atoms with van der Waals surface area (Å²) in [6.45, 7) is 1.98. The Morgan fingerprint density at radius 2 is 1.82 bits per heavy atom. The van der Waals surface area contributed by atoms with E-state index in [1.807, 2.05) is 0 Å². The Balaban J connectivity index is 2.04. The molecule has 2 heteroatoms. The standard InChI is InChI=1S/C9H17NO/c1-10-9-7-3-2-4-8(9)6-11-5-7/h7-10H,2-6H2,1H3. The predicted octanol–water partition coefficient (Wildman–Crippen LogP) is 1.02. The third-order valence-corrected chi connectivity index (χ3v) is 3.16. The Bertz CT molecular complexity index is 116. The van der Waals surface area contributed by atoms with Gasteiger partial charge in [0.1, 0.15) is 0 Å². The quantitative estimate of drug-likeness (QED) is 0.610. The van der Waals surface area contributed by atoms with Gasteiger partial charge in [0.2, 0.25) is 0 Å². The van der Waals surface area contributed by atoms with Gasteiger partial charge in [0, 0.05) is 6.04 Å². The monoisotopic (exact) mass is 155 g/mol. The van der Waals surface area contributed by atoms with Crippen LogP contribution in [-0.4, -0.2) is 26.3 Å². The van der Waals surface area contributed by atoms with Gasteiger partial charge in [-0.3, -0.25) is 0 Å². The van der Waals surface area contributed by atoms with Gasteiger partial charge >= 0.3 is 0 Å². The maximum Gasteiger partial charge on any atom is 0.0509 e. The molecule has 64 valence electrons. The van der Waals surface area contributed by atoms with E-state index >= 15 is 0 Å². The van der Waals surface area contributed by atoms with Gasteiger partial charge in [0.15, 0.2) is 0 Å². The van der Waals surface area contributed by atoms with Gasteiger partial charge in [-0.05, 0) is 31.7 Å². The van der Waals surface area contributed by atoms with Gasteiger partial charge in [0.05, 0.1) is 13.2 Å². The molecule has 2 bridgehead atoms. The van der Waals surface area contributed by atoms with Gasteiger partial charge in [-0.2, -0.15) is 0 Å². The Morgan fingerprint density at radius 3 is 2.27 bits per heavy atom. The van der Waals surface area contributed by atoms with Crippen LogP contribution in [0, 0.1) is 11.8 Å². The molecule has 11 heavy (non-hydrogen) atoms. The summed E-state index contributed by atoms with van der Waals surface area (Å²) in [5.41, 5.74) is 0. The molecule has 1 saturated heterocycles. The highest BCUT2D eigenvalue weighted by molar-refractivity contribution is 4.89. The van der Waals surface area contributed by atoms with Crippen LogP contribution in [0.3, 0.4) is 0 Å². The topological polar surface area (TPSA) is 21.3 Å². The van der Waals surface area contributed by atoms with Crippen LogP contribution in [0.5, 0.6) is 0 Å². The smallest absolute Gasteiger partial charge is 0.0509 e. The first-order valence-corrected chi connectivity index (χ1v) is 4.67. The van der Waals surface area contributed by atoms with Crippen molar-refractivity contribution in [3.05, 3.63) is 0 Å². The normalized spacial score (nSPS) is 43.9. The Labute approximate surface area is 68.3 Å². The summed E-state index contributed by atoms with van der Waals surface area (Å²) in [7, 11) is 2.08. The first-order chi connectivity index (χ1) is 5.42. The Kier molecular flexibility index (Phi) is 2.14. The van der Waals surface area contributed by atoms with E-state index in [1.54, 1.807) is 0 Å². The number of hydrogen-bond donors (Lipinski definition) is 1. The third-order valence-electron chi connectivity index (χ3n) is 3.16. The molecule has 0 spiro atoms. The lowest BCUT2D eigenvalue weighted by atomic mass is 9.76. The molecule has 2 unspecified atom stereocenters. The number of fused-ring (bicyclic) bond motifs is 2. The molecule has 0 aromatic heterocycles. The van der Waals surface area contributed by atoms with Crippen LogP contribution in [0.1, 0.15) is 19.3 Å². The maximum atomic E-state index is 5.53. The van der Waals surface area contributed by atoms with Crippen LogP contribution in [0.4, 0.5) is 0 Å². The summed E-state index contributed by atoms with van der Waals surface area (Å²) in [6.07, 6.45) is 4.14. The van der Waals surface area contributed by atoms with Crippen molar-refractivity contribution >= 4 is 0 Å². The van der Waals surface area contributed by atoms with E-state index in [1.165, 1.54) is 19.3 Å². The van der Waals surface area contributed by atoms with Crippen molar-refractivity contribution in [3.63, 3.8) is 0 Å². The largest absolute Gasteiger partial charge is 0.381 e. The maximum absolute atomic E-state index is 5.53. The molecule has 1 aliphatic carbocycles. The van der Waals surface area contributed by atoms with Crippen LogP contribution in [-0.2, 0) is 4.74 Å². The van der Waals surface area contributed by atoms with E-state index in [4.69, 9.17) is 4.74 Å². The van der Waals surface area contributed by atoms with Crippen LogP contribution < -0.4 is 5.32 Å². The van der Waals surface area contributed by atoms with Gasteiger partial charge in [-0.15, -0.1) is 0 Å². The predicted molar refractivity (Wildman–Crippen MR) is 44.5 cm³/mol. The summed E-state index contributed by atoms with van der Waals surface area (Å²) >= 11 is 0. The molecule has 1 aliphatic heterocycles. The molecule has 0 amide bonds. The van der Waals surface area contributed by atoms with Gasteiger partial charge in [0.25, 0.3) is 0 Å². The first kappa shape index (κ1) is 7.56. The Hall–Kier alpha value is -0.0800. The molecule has 1 N–H and O–H groups in total. The minimum atomic E-state index is 0.748. The molecule has 0 aromatic carbocycles. The molecule has 1 heterocycles. The molecule has 0 aromatic rings. The molecule has 2 atom stereocenters. The van der Waals surface area contributed by atoms with Crippen molar-refractivity contribution in [2.75, 3.05) is 20.3 Å². The fourth-order valence-corrected chi connectivity index (χ4v) is 2.60. The summed E-state index contributed by atoms with van der Waals surface area (Å²) < 4.78 is 5.53. The zero-order valence-electron chi connectivity index (χ0n) is 7.18. The van der Waals surface area contributed by atoms with E-state index in [0.717, 1.165) is 31.1 Å². The van der Waals surface area contributed by atoms with Crippen molar-refractivity contribution in [3.8, 4) is 0 Å². The lowest BCUT2D eigenvalue weighted by Gasteiger charge is -2.42. The molecule has 0 radical (unpaired) electrons. The number of hydrogen-bond acceptors (Lipinski definition) is 2. The summed E-state index contributed by atoms with van der Waals surface area (Å²) in [5.74, 6) is 1.60. The van der Waals surface area contributed by atoms with Crippen LogP contribution in [0.2, 0.25) is 0 Å². The second kappa shape index (κ2) is 3.11. The second-order valence-corrected chi connectivity index (χ2v) is 3.80. The van der Waals surface area contributed by atoms with E-state index in [-0.39, 0.29) is 0 Å². The van der Waals surface area contributed by atoms with Crippen molar-refractivity contribution in [2.24, 2.45) is 11.8 Å². The molecule has 1 saturated carbocycles. The molecule has 2 fully saturated rings. The highest BCUT2D eigenvalue weighted by Crippen LogP contribution is 2.33. The second-order valence-electron chi connectivity index (χ2n) is 3.80. The minimum absolute atomic E-state index is 0.748. The number of nitrogens with one attached hydrogen (secondary N) is 1. The fraction of sp³-hybridized carbons (Fsp3) is 1.00. The highest BCUT2D eigenvalue weighted by Gasteiger charge is 2.35. The zero-order valence-corrected chi connectivity index (χ0v) is 7.18. The van der Waals surface area contributed by atoms with Crippen molar-refractivity contribution in [2.45, 2.75) is 25.3 Å². The average molecular weight is 155 g/mol. The Morgan fingerprint density at radius 1 is 1.18 bits per heavy atom. The molecule has 2 aliphatic rings. The SMILES string of the molecule is CNC1C2CCCC1COC2. The molecular formula is C9H17NO. The van der Waals surface area contributed by atoms with Gasteiger partial charge in [-0.1, -0.05) is 6.42 Å². The van der Waals surface area contributed by atoms with Crippen LogP contribution in [0.15, 0.2) is 0 Å². The summed E-state index contributed by atoms with van der Waals surface area (Å²) in [4.78, 5) is 0. The third kappa shape index (κ3) is 1.30. The average Bonchev–Trinajstić information content (AvgIpc) is 2.03. The highest BCUT2D eigenvalue weighted by atomic mass is 16.5. The molecule has 2 nitrogen and oxygen atoms in total. The van der Waals surface area contributed by atoms with Crippen molar-refractivity contribution in [1.29, 1.82) is 0 Å². The minimum Gasteiger partial charge on any atom is -0.381 e. The van der Waals surface area contributed by atoms with E-state index in [9.17, 15) is 0 Å². The van der Waals surface area contributed by atoms with Gasteiger partial charge in [-0.25, -0.2) is 0 Å². The zero-order chi connectivity index (χ0) is 7.68. The van der Waals surface area contributed by atoms with E-state index in [0.29, 0.717) is 0 Å². The van der Waals surface area contributed by atoms with Crippen molar-refractivity contribution in [1.82, 2.24) is 5.32 Å².